The van der Waals surface area contributed by atoms with Gasteiger partial charge in [-0.05, 0) is 6.92 Å². The van der Waals surface area contributed by atoms with E-state index >= 15 is 0 Å². The summed E-state index contributed by atoms with van der Waals surface area (Å²) in [5, 5.41) is 0. The van der Waals surface area contributed by atoms with Gasteiger partial charge < -0.3 is 4.79 Å². The predicted octanol–water partition coefficient (Wildman–Crippen LogP) is 1.70. The summed E-state index contributed by atoms with van der Waals surface area (Å²) in [5.41, 5.74) is 0.595. The monoisotopic (exact) mass is 162 g/mol. The lowest BCUT2D eigenvalue weighted by atomic mass is 10.0. The molecule has 0 amide bonds. The molecule has 0 bridgehead atoms. The van der Waals surface area contributed by atoms with E-state index in [1.807, 2.05) is 6.07 Å². The van der Waals surface area contributed by atoms with Gasteiger partial charge in [-0.3, -0.25) is 4.79 Å². The Morgan fingerprint density at radius 3 is 2.42 bits per heavy atom. The van der Waals surface area contributed by atoms with Crippen molar-refractivity contribution in [2.75, 3.05) is 0 Å². The molecule has 0 fully saturated rings. The molecule has 1 rings (SSSR count). The first-order valence-corrected chi connectivity index (χ1v) is 3.80. The summed E-state index contributed by atoms with van der Waals surface area (Å²) < 4.78 is 0. The van der Waals surface area contributed by atoms with E-state index in [1.165, 1.54) is 0 Å². The number of hydrogen-bond donors (Lipinski definition) is 0. The molecule has 0 aromatic heterocycles. The minimum absolute atomic E-state index is 0.120. The van der Waals surface area contributed by atoms with Crippen LogP contribution in [0.4, 0.5) is 0 Å². The van der Waals surface area contributed by atoms with Crippen molar-refractivity contribution in [3.05, 3.63) is 35.9 Å². The van der Waals surface area contributed by atoms with Crippen LogP contribution in [-0.2, 0) is 4.79 Å². The molecule has 2 heteroatoms. The molecular formula is C10H10O2. The lowest BCUT2D eigenvalue weighted by Gasteiger charge is -2.01. The zero-order chi connectivity index (χ0) is 8.97. The largest absolute Gasteiger partial charge is 0.303 e. The highest BCUT2D eigenvalue weighted by molar-refractivity contribution is 6.04. The van der Waals surface area contributed by atoms with E-state index < -0.39 is 5.92 Å². The van der Waals surface area contributed by atoms with Crippen LogP contribution in [0.1, 0.15) is 17.3 Å². The molecule has 62 valence electrons. The van der Waals surface area contributed by atoms with Gasteiger partial charge in [-0.25, -0.2) is 0 Å². The molecule has 1 aromatic rings. The standard InChI is InChI=1S/C10H10O2/c1-8(7-11)10(12)9-5-3-2-4-6-9/h2-8H,1H3. The zero-order valence-corrected chi connectivity index (χ0v) is 6.86. The molecule has 12 heavy (non-hydrogen) atoms. The Labute approximate surface area is 71.2 Å². The first-order chi connectivity index (χ1) is 5.75. The number of aldehydes is 1. The molecule has 0 saturated heterocycles. The molecular weight excluding hydrogens is 152 g/mol. The molecule has 1 unspecified atom stereocenters. The summed E-state index contributed by atoms with van der Waals surface area (Å²) in [6, 6.07) is 8.82. The van der Waals surface area contributed by atoms with Crippen molar-refractivity contribution in [2.24, 2.45) is 5.92 Å². The van der Waals surface area contributed by atoms with E-state index in [0.29, 0.717) is 11.8 Å². The van der Waals surface area contributed by atoms with Crippen molar-refractivity contribution >= 4 is 12.1 Å². The molecule has 1 aromatic carbocycles. The van der Waals surface area contributed by atoms with Crippen LogP contribution in [-0.4, -0.2) is 12.1 Å². The van der Waals surface area contributed by atoms with E-state index in [-0.39, 0.29) is 5.78 Å². The SMILES string of the molecule is CC(C=O)C(=O)c1ccccc1. The van der Waals surface area contributed by atoms with Crippen molar-refractivity contribution in [1.29, 1.82) is 0 Å². The first kappa shape index (κ1) is 8.65. The van der Waals surface area contributed by atoms with Gasteiger partial charge in [0, 0.05) is 5.56 Å². The van der Waals surface area contributed by atoms with Crippen LogP contribution < -0.4 is 0 Å². The quantitative estimate of drug-likeness (QED) is 0.385. The third-order valence-electron chi connectivity index (χ3n) is 1.68. The van der Waals surface area contributed by atoms with Gasteiger partial charge in [0.25, 0.3) is 0 Å². The normalized spacial score (nSPS) is 12.1. The third kappa shape index (κ3) is 1.78. The highest BCUT2D eigenvalue weighted by Crippen LogP contribution is 2.05. The highest BCUT2D eigenvalue weighted by Gasteiger charge is 2.12. The molecule has 2 nitrogen and oxygen atoms in total. The molecule has 0 spiro atoms. The lowest BCUT2D eigenvalue weighted by molar-refractivity contribution is -0.109. The van der Waals surface area contributed by atoms with Crippen LogP contribution in [0.2, 0.25) is 0 Å². The van der Waals surface area contributed by atoms with Gasteiger partial charge >= 0.3 is 0 Å². The molecule has 0 aliphatic rings. The number of rotatable bonds is 3. The van der Waals surface area contributed by atoms with Gasteiger partial charge in [-0.15, -0.1) is 0 Å². The van der Waals surface area contributed by atoms with Crippen molar-refractivity contribution < 1.29 is 9.59 Å². The Morgan fingerprint density at radius 1 is 1.33 bits per heavy atom. The average molecular weight is 162 g/mol. The van der Waals surface area contributed by atoms with E-state index in [9.17, 15) is 9.59 Å². The van der Waals surface area contributed by atoms with Crippen LogP contribution in [0.5, 0.6) is 0 Å². The second-order valence-electron chi connectivity index (χ2n) is 2.66. The number of benzene rings is 1. The smallest absolute Gasteiger partial charge is 0.172 e. The van der Waals surface area contributed by atoms with E-state index in [4.69, 9.17) is 0 Å². The van der Waals surface area contributed by atoms with E-state index in [2.05, 4.69) is 0 Å². The van der Waals surface area contributed by atoms with Crippen molar-refractivity contribution in [2.45, 2.75) is 6.92 Å². The number of hydrogen-bond acceptors (Lipinski definition) is 2. The molecule has 0 aliphatic heterocycles. The average Bonchev–Trinajstić information content (AvgIpc) is 2.17. The number of carbonyl (C=O) groups is 2. The lowest BCUT2D eigenvalue weighted by Crippen LogP contribution is -2.11. The van der Waals surface area contributed by atoms with Gasteiger partial charge in [0.2, 0.25) is 0 Å². The Morgan fingerprint density at radius 2 is 1.92 bits per heavy atom. The second kappa shape index (κ2) is 3.81. The van der Waals surface area contributed by atoms with Gasteiger partial charge in [0.15, 0.2) is 5.78 Å². The van der Waals surface area contributed by atoms with Crippen LogP contribution in [0.3, 0.4) is 0 Å². The van der Waals surface area contributed by atoms with Crippen LogP contribution >= 0.6 is 0 Å². The predicted molar refractivity (Wildman–Crippen MR) is 46.0 cm³/mol. The third-order valence-corrected chi connectivity index (χ3v) is 1.68. The Kier molecular flexibility index (Phi) is 2.75. The van der Waals surface area contributed by atoms with Crippen LogP contribution in [0, 0.1) is 5.92 Å². The maximum atomic E-state index is 11.3. The van der Waals surface area contributed by atoms with Gasteiger partial charge in [0.05, 0.1) is 5.92 Å². The Hall–Kier alpha value is -1.44. The Bertz CT molecular complexity index is 277. The van der Waals surface area contributed by atoms with Crippen LogP contribution in [0.25, 0.3) is 0 Å². The number of Topliss-reactive ketones (excluding diaryl/α,β-unsaturated/α-hetero) is 1. The zero-order valence-electron chi connectivity index (χ0n) is 6.86. The molecule has 0 N–H and O–H groups in total. The molecule has 0 saturated carbocycles. The van der Waals surface area contributed by atoms with Crippen molar-refractivity contribution in [1.82, 2.24) is 0 Å². The topological polar surface area (TPSA) is 34.1 Å². The van der Waals surface area contributed by atoms with E-state index in [1.54, 1.807) is 31.2 Å². The van der Waals surface area contributed by atoms with Crippen LogP contribution in [0.15, 0.2) is 30.3 Å². The fourth-order valence-electron chi connectivity index (χ4n) is 0.927. The number of ketones is 1. The van der Waals surface area contributed by atoms with E-state index in [0.717, 1.165) is 0 Å². The molecule has 0 heterocycles. The summed E-state index contributed by atoms with van der Waals surface area (Å²) in [4.78, 5) is 21.6. The summed E-state index contributed by atoms with van der Waals surface area (Å²) >= 11 is 0. The fourth-order valence-corrected chi connectivity index (χ4v) is 0.927. The number of carbonyl (C=O) groups excluding carboxylic acids is 2. The summed E-state index contributed by atoms with van der Waals surface area (Å²) in [6.45, 7) is 1.60. The molecule has 0 radical (unpaired) electrons. The minimum Gasteiger partial charge on any atom is -0.303 e. The minimum atomic E-state index is -0.535. The van der Waals surface area contributed by atoms with Crippen molar-refractivity contribution in [3.8, 4) is 0 Å². The van der Waals surface area contributed by atoms with Gasteiger partial charge in [0.1, 0.15) is 6.29 Å². The first-order valence-electron chi connectivity index (χ1n) is 3.80. The van der Waals surface area contributed by atoms with Gasteiger partial charge in [-0.1, -0.05) is 30.3 Å². The van der Waals surface area contributed by atoms with Crippen molar-refractivity contribution in [3.63, 3.8) is 0 Å². The summed E-state index contributed by atoms with van der Waals surface area (Å²) in [6.07, 6.45) is 0.662. The summed E-state index contributed by atoms with van der Waals surface area (Å²) in [5.74, 6) is -0.655. The highest BCUT2D eigenvalue weighted by atomic mass is 16.1. The molecule has 1 atom stereocenters. The molecule has 0 aliphatic carbocycles. The summed E-state index contributed by atoms with van der Waals surface area (Å²) in [7, 11) is 0. The maximum Gasteiger partial charge on any atom is 0.172 e. The fraction of sp³-hybridized carbons (Fsp3) is 0.200. The second-order valence-corrected chi connectivity index (χ2v) is 2.66. The van der Waals surface area contributed by atoms with Gasteiger partial charge in [-0.2, -0.15) is 0 Å². The maximum absolute atomic E-state index is 11.3. The Balaban J connectivity index is 2.85.